The molecule has 1 heterocycles. The van der Waals surface area contributed by atoms with Crippen LogP contribution in [0.25, 0.3) is 6.08 Å². The Morgan fingerprint density at radius 3 is 2.59 bits per heavy atom. The lowest BCUT2D eigenvalue weighted by Crippen LogP contribution is -2.24. The summed E-state index contributed by atoms with van der Waals surface area (Å²) >= 11 is 0.599. The van der Waals surface area contributed by atoms with Crippen molar-refractivity contribution in [2.75, 3.05) is 6.61 Å². The van der Waals surface area contributed by atoms with Crippen molar-refractivity contribution in [3.63, 3.8) is 0 Å². The molecule has 0 fully saturated rings. The number of hydrogen-bond acceptors (Lipinski definition) is 3. The van der Waals surface area contributed by atoms with Crippen molar-refractivity contribution in [3.8, 4) is 0 Å². The first-order chi connectivity index (χ1) is 15.0. The molecular formula is C26H31F3O2S. The highest BCUT2D eigenvalue weighted by atomic mass is 32.1. The highest BCUT2D eigenvalue weighted by molar-refractivity contribution is 7.14. The molecule has 0 amide bonds. The molecule has 1 aromatic heterocycles. The second-order valence-corrected chi connectivity index (χ2v) is 10.4. The number of fused-ring (bicyclic) bond motifs is 1. The van der Waals surface area contributed by atoms with Crippen molar-refractivity contribution in [2.45, 2.75) is 72.4 Å². The molecule has 0 atom stereocenters. The number of benzene rings is 1. The number of ketones is 1. The molecule has 2 aromatic rings. The smallest absolute Gasteiger partial charge is 0.396 e. The molecule has 0 unspecified atom stereocenters. The first kappa shape index (κ1) is 24.7. The van der Waals surface area contributed by atoms with Crippen molar-refractivity contribution in [2.24, 2.45) is 5.41 Å². The van der Waals surface area contributed by atoms with Crippen LogP contribution in [0.1, 0.15) is 81.5 Å². The maximum Gasteiger partial charge on any atom is 0.425 e. The first-order valence-corrected chi connectivity index (χ1v) is 12.0. The zero-order valence-corrected chi connectivity index (χ0v) is 20.0. The third-order valence-electron chi connectivity index (χ3n) is 6.29. The number of carbonyl (C=O) groups is 1. The highest BCUT2D eigenvalue weighted by Gasteiger charge is 2.42. The molecule has 0 saturated heterocycles. The molecule has 0 aliphatic heterocycles. The summed E-state index contributed by atoms with van der Waals surface area (Å²) < 4.78 is 41.0. The van der Waals surface area contributed by atoms with Crippen LogP contribution in [0.15, 0.2) is 18.2 Å². The van der Waals surface area contributed by atoms with Crippen LogP contribution < -0.4 is 0 Å². The van der Waals surface area contributed by atoms with E-state index in [0.717, 1.165) is 30.4 Å². The van der Waals surface area contributed by atoms with Gasteiger partial charge in [0.1, 0.15) is 4.88 Å². The van der Waals surface area contributed by atoms with E-state index in [1.165, 1.54) is 17.2 Å². The van der Waals surface area contributed by atoms with Crippen LogP contribution in [-0.4, -0.2) is 17.5 Å². The van der Waals surface area contributed by atoms with Crippen molar-refractivity contribution < 1.29 is 23.1 Å². The molecular weight excluding hydrogens is 433 g/mol. The van der Waals surface area contributed by atoms with E-state index >= 15 is 0 Å². The number of hydrogen-bond donors (Lipinski definition) is 1. The van der Waals surface area contributed by atoms with Crippen molar-refractivity contribution in [3.05, 3.63) is 61.3 Å². The Hall–Kier alpha value is -1.92. The molecule has 1 aliphatic carbocycles. The fraction of sp³-hybridized carbons (Fsp3) is 0.500. The van der Waals surface area contributed by atoms with E-state index in [1.54, 1.807) is 6.08 Å². The monoisotopic (exact) mass is 464 g/mol. The third-order valence-corrected chi connectivity index (χ3v) is 7.62. The number of carbonyl (C=O) groups excluding carboxylic acids is 1. The van der Waals surface area contributed by atoms with Crippen LogP contribution in [0.5, 0.6) is 0 Å². The number of thiophene rings is 1. The molecule has 0 bridgehead atoms. The molecule has 0 radical (unpaired) electrons. The summed E-state index contributed by atoms with van der Waals surface area (Å²) in [7, 11) is 0. The van der Waals surface area contributed by atoms with Gasteiger partial charge in [-0.1, -0.05) is 39.0 Å². The maximum absolute atomic E-state index is 13.7. The van der Waals surface area contributed by atoms with Crippen LogP contribution in [0.4, 0.5) is 13.2 Å². The standard InChI is InChI=1S/C26H31F3O2S/c1-5-18-14-17(13-16(2)19(18)7-6-12-30)8-9-22(31)23-20-10-11-25(3,4)15-21(20)24(32-23)26(27,28)29/h8-9,13-14,30H,5-7,10-12,15H2,1-4H3/b9-8+. The van der Waals surface area contributed by atoms with Gasteiger partial charge < -0.3 is 5.11 Å². The van der Waals surface area contributed by atoms with Crippen molar-refractivity contribution in [1.29, 1.82) is 0 Å². The first-order valence-electron chi connectivity index (χ1n) is 11.1. The average molecular weight is 465 g/mol. The fourth-order valence-corrected chi connectivity index (χ4v) is 5.76. The minimum Gasteiger partial charge on any atom is -0.396 e. The van der Waals surface area contributed by atoms with E-state index in [-0.39, 0.29) is 22.7 Å². The van der Waals surface area contributed by atoms with Gasteiger partial charge in [0.15, 0.2) is 5.78 Å². The predicted octanol–water partition coefficient (Wildman–Crippen LogP) is 6.97. The van der Waals surface area contributed by atoms with Crippen molar-refractivity contribution >= 4 is 23.2 Å². The lowest BCUT2D eigenvalue weighted by atomic mass is 9.74. The average Bonchev–Trinajstić information content (AvgIpc) is 3.08. The molecule has 2 nitrogen and oxygen atoms in total. The molecule has 32 heavy (non-hydrogen) atoms. The van der Waals surface area contributed by atoms with E-state index < -0.39 is 11.1 Å². The molecule has 1 N–H and O–H groups in total. The van der Waals surface area contributed by atoms with Gasteiger partial charge in [-0.25, -0.2) is 0 Å². The summed E-state index contributed by atoms with van der Waals surface area (Å²) in [6.07, 6.45) is 2.62. The van der Waals surface area contributed by atoms with Crippen LogP contribution >= 0.6 is 11.3 Å². The molecule has 174 valence electrons. The number of aryl methyl sites for hydroxylation is 2. The second kappa shape index (κ2) is 9.52. The molecule has 1 aromatic carbocycles. The van der Waals surface area contributed by atoms with Gasteiger partial charge >= 0.3 is 6.18 Å². The quantitative estimate of drug-likeness (QED) is 0.355. The van der Waals surface area contributed by atoms with Gasteiger partial charge in [0, 0.05) is 6.61 Å². The van der Waals surface area contributed by atoms with Gasteiger partial charge in [-0.05, 0) is 90.3 Å². The van der Waals surface area contributed by atoms with Gasteiger partial charge in [0.25, 0.3) is 0 Å². The van der Waals surface area contributed by atoms with Gasteiger partial charge in [-0.15, -0.1) is 11.3 Å². The number of aliphatic hydroxyl groups excluding tert-OH is 1. The summed E-state index contributed by atoms with van der Waals surface area (Å²) in [5.41, 5.74) is 5.04. The Bertz CT molecular complexity index is 1030. The topological polar surface area (TPSA) is 37.3 Å². The number of aliphatic hydroxyl groups is 1. The maximum atomic E-state index is 13.7. The highest BCUT2D eigenvalue weighted by Crippen LogP contribution is 2.47. The van der Waals surface area contributed by atoms with E-state index in [4.69, 9.17) is 5.11 Å². The third kappa shape index (κ3) is 5.34. The lowest BCUT2D eigenvalue weighted by Gasteiger charge is -2.30. The Labute approximate surface area is 192 Å². The van der Waals surface area contributed by atoms with Gasteiger partial charge in [0.2, 0.25) is 0 Å². The largest absolute Gasteiger partial charge is 0.425 e. The predicted molar refractivity (Wildman–Crippen MR) is 124 cm³/mol. The molecule has 0 spiro atoms. The van der Waals surface area contributed by atoms with E-state index in [9.17, 15) is 18.0 Å². The molecule has 0 saturated carbocycles. The Morgan fingerprint density at radius 1 is 1.25 bits per heavy atom. The molecule has 1 aliphatic rings. The lowest BCUT2D eigenvalue weighted by molar-refractivity contribution is -0.135. The number of halogens is 3. The number of alkyl halides is 3. The van der Waals surface area contributed by atoms with Gasteiger partial charge in [-0.3, -0.25) is 4.79 Å². The number of allylic oxidation sites excluding steroid dienone is 1. The Kier molecular flexibility index (Phi) is 7.35. The van der Waals surface area contributed by atoms with E-state index in [2.05, 4.69) is 6.92 Å². The molecule has 6 heteroatoms. The summed E-state index contributed by atoms with van der Waals surface area (Å²) in [6.45, 7) is 8.17. The summed E-state index contributed by atoms with van der Waals surface area (Å²) in [6, 6.07) is 4.01. The van der Waals surface area contributed by atoms with Crippen LogP contribution in [0, 0.1) is 12.3 Å². The summed E-state index contributed by atoms with van der Waals surface area (Å²) in [4.78, 5) is 12.6. The number of rotatable bonds is 7. The van der Waals surface area contributed by atoms with Gasteiger partial charge in [0.05, 0.1) is 4.88 Å². The van der Waals surface area contributed by atoms with Gasteiger partial charge in [-0.2, -0.15) is 13.2 Å². The van der Waals surface area contributed by atoms with E-state index in [1.807, 2.05) is 32.9 Å². The van der Waals surface area contributed by atoms with Crippen LogP contribution in [0.3, 0.4) is 0 Å². The SMILES string of the molecule is CCc1cc(/C=C/C(=O)c2sc(C(F)(F)F)c3c2CCC(C)(C)C3)cc(C)c1CCCO. The minimum atomic E-state index is -4.44. The van der Waals surface area contributed by atoms with E-state index in [0.29, 0.717) is 41.7 Å². The zero-order chi connectivity index (χ0) is 23.7. The minimum absolute atomic E-state index is 0.140. The van der Waals surface area contributed by atoms with Crippen molar-refractivity contribution in [1.82, 2.24) is 0 Å². The second-order valence-electron chi connectivity index (χ2n) is 9.41. The summed E-state index contributed by atoms with van der Waals surface area (Å²) in [5.74, 6) is -0.360. The zero-order valence-electron chi connectivity index (χ0n) is 19.2. The van der Waals surface area contributed by atoms with Crippen LogP contribution in [0.2, 0.25) is 0 Å². The molecule has 3 rings (SSSR count). The van der Waals surface area contributed by atoms with Crippen LogP contribution in [-0.2, 0) is 31.9 Å². The summed E-state index contributed by atoms with van der Waals surface area (Å²) in [5, 5.41) is 9.14. The fourth-order valence-electron chi connectivity index (χ4n) is 4.60. The Morgan fingerprint density at radius 2 is 1.97 bits per heavy atom. The Balaban J connectivity index is 1.93. The normalized spacial score (nSPS) is 15.9.